The average Bonchev–Trinajstić information content (AvgIpc) is 3.13. The van der Waals surface area contributed by atoms with Gasteiger partial charge in [0, 0.05) is 11.5 Å². The number of azide groups is 1. The maximum atomic E-state index is 11.6. The summed E-state index contributed by atoms with van der Waals surface area (Å²) < 4.78 is 0. The molecule has 0 saturated heterocycles. The number of unbranched alkanes of at least 4 members (excludes halogenated alkanes) is 3. The van der Waals surface area contributed by atoms with Crippen molar-refractivity contribution in [1.82, 2.24) is 0 Å². The Hall–Kier alpha value is -0.810. The molecule has 33 heavy (non-hydrogen) atoms. The molecule has 4 aliphatic rings. The van der Waals surface area contributed by atoms with Crippen LogP contribution in [-0.4, -0.2) is 39.7 Å². The van der Waals surface area contributed by atoms with E-state index in [0.29, 0.717) is 30.2 Å². The summed E-state index contributed by atoms with van der Waals surface area (Å²) in [7, 11) is 0. The number of fused-ring (bicyclic) bond motifs is 5. The van der Waals surface area contributed by atoms with Gasteiger partial charge in [0.1, 0.15) is 0 Å². The van der Waals surface area contributed by atoms with E-state index in [9.17, 15) is 15.3 Å². The third-order valence-corrected chi connectivity index (χ3v) is 11.2. The maximum absolute atomic E-state index is 11.6. The van der Waals surface area contributed by atoms with Crippen LogP contribution in [0.4, 0.5) is 0 Å². The van der Waals surface area contributed by atoms with Crippen molar-refractivity contribution < 1.29 is 15.3 Å². The number of aliphatic hydroxyl groups excluding tert-OH is 2. The molecule has 0 bridgehead atoms. The molecule has 0 aliphatic heterocycles. The predicted molar refractivity (Wildman–Crippen MR) is 130 cm³/mol. The Morgan fingerprint density at radius 3 is 2.36 bits per heavy atom. The molecular weight excluding hydrogens is 414 g/mol. The van der Waals surface area contributed by atoms with Crippen molar-refractivity contribution in [3.8, 4) is 0 Å². The number of nitrogens with zero attached hydrogens (tertiary/aromatic N) is 3. The van der Waals surface area contributed by atoms with Gasteiger partial charge in [-0.05, 0) is 117 Å². The van der Waals surface area contributed by atoms with Gasteiger partial charge in [-0.3, -0.25) is 0 Å². The first kappa shape index (κ1) is 25.3. The number of rotatable bonds is 8. The van der Waals surface area contributed by atoms with Crippen LogP contribution in [0.5, 0.6) is 0 Å². The van der Waals surface area contributed by atoms with E-state index in [-0.39, 0.29) is 29.0 Å². The van der Waals surface area contributed by atoms with Gasteiger partial charge in [-0.2, -0.15) is 0 Å². The fourth-order valence-electron chi connectivity index (χ4n) is 9.54. The van der Waals surface area contributed by atoms with Crippen molar-refractivity contribution in [3.05, 3.63) is 10.4 Å². The molecule has 3 N–H and O–H groups in total. The summed E-state index contributed by atoms with van der Waals surface area (Å²) in [5, 5.41) is 36.7. The lowest BCUT2D eigenvalue weighted by atomic mass is 9.43. The second-order valence-corrected chi connectivity index (χ2v) is 12.9. The lowest BCUT2D eigenvalue weighted by Crippen LogP contribution is -2.59. The minimum atomic E-state index is -0.643. The van der Waals surface area contributed by atoms with Crippen molar-refractivity contribution in [2.24, 2.45) is 45.5 Å². The van der Waals surface area contributed by atoms with Crippen LogP contribution in [-0.2, 0) is 0 Å². The molecule has 4 aliphatic carbocycles. The van der Waals surface area contributed by atoms with E-state index in [4.69, 9.17) is 5.53 Å². The molecule has 6 nitrogen and oxygen atoms in total. The molecule has 188 valence electrons. The van der Waals surface area contributed by atoms with Gasteiger partial charge in [0.15, 0.2) is 0 Å². The zero-order valence-electron chi connectivity index (χ0n) is 21.1. The van der Waals surface area contributed by atoms with Crippen LogP contribution in [0.25, 0.3) is 10.4 Å². The van der Waals surface area contributed by atoms with E-state index in [1.807, 2.05) is 0 Å². The van der Waals surface area contributed by atoms with Gasteiger partial charge in [-0.1, -0.05) is 38.2 Å². The fraction of sp³-hybridized carbons (Fsp3) is 1.00. The normalized spacial score (nSPS) is 46.4. The quantitative estimate of drug-likeness (QED) is 0.179. The summed E-state index contributed by atoms with van der Waals surface area (Å²) >= 11 is 0. The summed E-state index contributed by atoms with van der Waals surface area (Å²) in [5.74, 6) is 2.37. The molecule has 0 aromatic carbocycles. The maximum Gasteiger partial charge on any atom is 0.0653 e. The van der Waals surface area contributed by atoms with Gasteiger partial charge in [0.2, 0.25) is 0 Å². The summed E-state index contributed by atoms with van der Waals surface area (Å²) in [4.78, 5) is 2.81. The lowest BCUT2D eigenvalue weighted by Gasteiger charge is -2.62. The third kappa shape index (κ3) is 4.58. The van der Waals surface area contributed by atoms with Gasteiger partial charge in [-0.25, -0.2) is 0 Å². The molecule has 0 aromatic heterocycles. The second kappa shape index (κ2) is 9.68. The molecule has 0 heterocycles. The highest BCUT2D eigenvalue weighted by Crippen LogP contribution is 2.68. The standard InChI is InChI=1S/C27H47N3O3/c1-25-13-10-18(31)16-22(25)23(32)17-19-20-8-9-24(26(20,2)14-11-21(19)25)27(3,33)12-6-4-5-7-15-29-30-28/h18-24,31-33H,4-17H2,1-3H3/t18-,19-,20-,21-,22+,23-,24-,25+,26-,27-/m0/s1. The minimum absolute atomic E-state index is 0.152. The molecule has 0 radical (unpaired) electrons. The van der Waals surface area contributed by atoms with Gasteiger partial charge in [0.25, 0.3) is 0 Å². The van der Waals surface area contributed by atoms with E-state index < -0.39 is 5.60 Å². The highest BCUT2D eigenvalue weighted by atomic mass is 16.3. The van der Waals surface area contributed by atoms with Crippen LogP contribution < -0.4 is 0 Å². The Kier molecular flexibility index (Phi) is 7.42. The third-order valence-electron chi connectivity index (χ3n) is 11.2. The van der Waals surface area contributed by atoms with Gasteiger partial charge < -0.3 is 15.3 Å². The molecule has 0 amide bonds. The van der Waals surface area contributed by atoms with E-state index >= 15 is 0 Å². The largest absolute Gasteiger partial charge is 0.393 e. The molecule has 0 aromatic rings. The van der Waals surface area contributed by atoms with E-state index in [2.05, 4.69) is 30.8 Å². The SMILES string of the molecule is C[C@]12CC[C@H](O)C[C@@H]1[C@@H](O)C[C@@H]1[C@@H]2CC[C@@]2(C)[C@H]1CC[C@@H]2[C@@](C)(O)CCCCCCN=[N+]=[N-]. The zero-order valence-corrected chi connectivity index (χ0v) is 21.1. The lowest BCUT2D eigenvalue weighted by molar-refractivity contribution is -0.179. The first-order valence-corrected chi connectivity index (χ1v) is 13.7. The number of aliphatic hydroxyl groups is 3. The van der Waals surface area contributed by atoms with E-state index in [1.54, 1.807) is 0 Å². The van der Waals surface area contributed by atoms with Crippen molar-refractivity contribution >= 4 is 0 Å². The highest BCUT2D eigenvalue weighted by molar-refractivity contribution is 5.13. The van der Waals surface area contributed by atoms with Crippen molar-refractivity contribution in [1.29, 1.82) is 0 Å². The van der Waals surface area contributed by atoms with Crippen LogP contribution in [0.3, 0.4) is 0 Å². The van der Waals surface area contributed by atoms with Crippen LogP contribution in [0, 0.1) is 40.4 Å². The fourth-order valence-corrected chi connectivity index (χ4v) is 9.54. The monoisotopic (exact) mass is 461 g/mol. The molecule has 4 fully saturated rings. The van der Waals surface area contributed by atoms with Crippen LogP contribution in [0.2, 0.25) is 0 Å². The molecule has 6 heteroatoms. The summed E-state index contributed by atoms with van der Waals surface area (Å²) in [6, 6.07) is 0. The first-order valence-electron chi connectivity index (χ1n) is 13.7. The molecule has 0 unspecified atom stereocenters. The second-order valence-electron chi connectivity index (χ2n) is 12.9. The highest BCUT2D eigenvalue weighted by Gasteiger charge is 2.63. The zero-order chi connectivity index (χ0) is 23.9. The number of hydrogen-bond acceptors (Lipinski definition) is 4. The summed E-state index contributed by atoms with van der Waals surface area (Å²) in [6.45, 7) is 7.51. The molecular formula is C27H47N3O3. The molecule has 4 rings (SSSR count). The van der Waals surface area contributed by atoms with E-state index in [0.717, 1.165) is 64.2 Å². The Morgan fingerprint density at radius 2 is 1.61 bits per heavy atom. The van der Waals surface area contributed by atoms with Crippen LogP contribution >= 0.6 is 0 Å². The molecule has 10 atom stereocenters. The van der Waals surface area contributed by atoms with Crippen LogP contribution in [0.15, 0.2) is 5.11 Å². The molecule has 4 saturated carbocycles. The first-order chi connectivity index (χ1) is 15.6. The smallest absolute Gasteiger partial charge is 0.0653 e. The van der Waals surface area contributed by atoms with E-state index in [1.165, 1.54) is 19.3 Å². The van der Waals surface area contributed by atoms with Gasteiger partial charge in [-0.15, -0.1) is 0 Å². The Labute approximate surface area is 200 Å². The van der Waals surface area contributed by atoms with Crippen molar-refractivity contribution in [2.75, 3.05) is 6.54 Å². The topological polar surface area (TPSA) is 109 Å². The van der Waals surface area contributed by atoms with Crippen molar-refractivity contribution in [2.45, 2.75) is 122 Å². The predicted octanol–water partition coefficient (Wildman–Crippen LogP) is 5.99. The average molecular weight is 462 g/mol. The Morgan fingerprint density at radius 1 is 0.909 bits per heavy atom. The van der Waals surface area contributed by atoms with Crippen LogP contribution in [0.1, 0.15) is 104 Å². The minimum Gasteiger partial charge on any atom is -0.393 e. The summed E-state index contributed by atoms with van der Waals surface area (Å²) in [5.41, 5.74) is 8.05. The number of hydrogen-bond donors (Lipinski definition) is 3. The molecule has 0 spiro atoms. The van der Waals surface area contributed by atoms with Gasteiger partial charge in [0.05, 0.1) is 17.8 Å². The Bertz CT molecular complexity index is 738. The van der Waals surface area contributed by atoms with Crippen molar-refractivity contribution in [3.63, 3.8) is 0 Å². The Balaban J connectivity index is 1.42. The van der Waals surface area contributed by atoms with Gasteiger partial charge >= 0.3 is 0 Å². The summed E-state index contributed by atoms with van der Waals surface area (Å²) in [6.07, 6.45) is 12.6.